The van der Waals surface area contributed by atoms with Gasteiger partial charge in [-0.15, -0.1) is 0 Å². The van der Waals surface area contributed by atoms with Crippen LogP contribution in [0.25, 0.3) is 0 Å². The highest BCUT2D eigenvalue weighted by Gasteiger charge is 2.42. The van der Waals surface area contributed by atoms with E-state index in [0.29, 0.717) is 0 Å². The third-order valence-corrected chi connectivity index (χ3v) is 4.14. The van der Waals surface area contributed by atoms with Gasteiger partial charge in [0.15, 0.2) is 0 Å². The van der Waals surface area contributed by atoms with Gasteiger partial charge in [-0.25, -0.2) is 0 Å². The molecule has 0 saturated carbocycles. The summed E-state index contributed by atoms with van der Waals surface area (Å²) < 4.78 is 0. The lowest BCUT2D eigenvalue weighted by molar-refractivity contribution is -0.0443. The van der Waals surface area contributed by atoms with Crippen molar-refractivity contribution in [1.82, 2.24) is 0 Å². The maximum absolute atomic E-state index is 10.4. The van der Waals surface area contributed by atoms with E-state index in [4.69, 9.17) is 0 Å². The van der Waals surface area contributed by atoms with Gasteiger partial charge in [-0.05, 0) is 33.1 Å². The van der Waals surface area contributed by atoms with Gasteiger partial charge < -0.3 is 5.11 Å². The van der Waals surface area contributed by atoms with Crippen molar-refractivity contribution in [1.29, 1.82) is 0 Å². The molecule has 1 heteroatoms. The molecule has 0 fully saturated rings. The van der Waals surface area contributed by atoms with Crippen molar-refractivity contribution in [3.63, 3.8) is 0 Å². The first kappa shape index (κ1) is 13.2. The van der Waals surface area contributed by atoms with Crippen LogP contribution in [0.3, 0.4) is 0 Å². The maximum Gasteiger partial charge on any atom is 0.0710 e. The van der Waals surface area contributed by atoms with Crippen LogP contribution >= 0.6 is 0 Å². The number of rotatable bonds is 3. The smallest absolute Gasteiger partial charge is 0.0710 e. The molecule has 1 unspecified atom stereocenters. The Kier molecular flexibility index (Phi) is 3.80. The second-order valence-corrected chi connectivity index (χ2v) is 5.52. The third kappa shape index (κ3) is 2.46. The topological polar surface area (TPSA) is 20.2 Å². The van der Waals surface area contributed by atoms with Crippen molar-refractivity contribution >= 4 is 0 Å². The molecule has 1 N–H and O–H groups in total. The molecule has 1 atom stereocenters. The summed E-state index contributed by atoms with van der Waals surface area (Å²) in [6, 6.07) is 0. The standard InChI is InChI=1S/C15H24O/c1-6-12(2)9-10-13-8-7-11-15(5,16)14(13,3)4/h6,8-9,16H,1,7,10-11H2,2-5H3. The van der Waals surface area contributed by atoms with Gasteiger partial charge in [0.25, 0.3) is 0 Å². The van der Waals surface area contributed by atoms with Gasteiger partial charge in [0.1, 0.15) is 0 Å². The van der Waals surface area contributed by atoms with E-state index in [1.807, 2.05) is 13.0 Å². The first-order chi connectivity index (χ1) is 7.31. The molecule has 0 aliphatic heterocycles. The summed E-state index contributed by atoms with van der Waals surface area (Å²) in [5, 5.41) is 10.4. The zero-order valence-electron chi connectivity index (χ0n) is 11.0. The lowest BCUT2D eigenvalue weighted by atomic mass is 9.64. The van der Waals surface area contributed by atoms with Crippen LogP contribution in [0.15, 0.2) is 36.0 Å². The van der Waals surface area contributed by atoms with Crippen molar-refractivity contribution in [2.75, 3.05) is 0 Å². The van der Waals surface area contributed by atoms with Gasteiger partial charge in [0.2, 0.25) is 0 Å². The summed E-state index contributed by atoms with van der Waals surface area (Å²) in [5.41, 5.74) is 1.81. The maximum atomic E-state index is 10.4. The van der Waals surface area contributed by atoms with Gasteiger partial charge in [-0.3, -0.25) is 0 Å². The van der Waals surface area contributed by atoms with Gasteiger partial charge in [-0.2, -0.15) is 0 Å². The molecule has 0 bridgehead atoms. The molecule has 0 aromatic carbocycles. The number of aliphatic hydroxyl groups is 1. The van der Waals surface area contributed by atoms with E-state index in [2.05, 4.69) is 39.5 Å². The summed E-state index contributed by atoms with van der Waals surface area (Å²) in [4.78, 5) is 0. The quantitative estimate of drug-likeness (QED) is 0.563. The van der Waals surface area contributed by atoms with Crippen LogP contribution in [0.2, 0.25) is 0 Å². The minimum absolute atomic E-state index is 0.136. The zero-order chi connectivity index (χ0) is 12.4. The summed E-state index contributed by atoms with van der Waals surface area (Å²) >= 11 is 0. The molecule has 90 valence electrons. The molecule has 0 heterocycles. The monoisotopic (exact) mass is 220 g/mol. The van der Waals surface area contributed by atoms with Crippen LogP contribution < -0.4 is 0 Å². The van der Waals surface area contributed by atoms with Gasteiger partial charge in [-0.1, -0.05) is 49.8 Å². The molecule has 1 nitrogen and oxygen atoms in total. The fourth-order valence-electron chi connectivity index (χ4n) is 2.13. The van der Waals surface area contributed by atoms with Crippen LogP contribution in [0.5, 0.6) is 0 Å². The Balaban J connectivity index is 2.89. The van der Waals surface area contributed by atoms with Crippen molar-refractivity contribution in [2.45, 2.75) is 52.6 Å². The average molecular weight is 220 g/mol. The van der Waals surface area contributed by atoms with Crippen LogP contribution in [0.4, 0.5) is 0 Å². The van der Waals surface area contributed by atoms with E-state index >= 15 is 0 Å². The molecule has 0 spiro atoms. The Morgan fingerprint density at radius 3 is 2.69 bits per heavy atom. The molecule has 0 radical (unpaired) electrons. The predicted molar refractivity (Wildman–Crippen MR) is 70.3 cm³/mol. The highest BCUT2D eigenvalue weighted by Crippen LogP contribution is 2.45. The summed E-state index contributed by atoms with van der Waals surface area (Å²) in [6.07, 6.45) is 9.09. The van der Waals surface area contributed by atoms with Gasteiger partial charge in [0.05, 0.1) is 5.60 Å². The second-order valence-electron chi connectivity index (χ2n) is 5.52. The van der Waals surface area contributed by atoms with Gasteiger partial charge in [0, 0.05) is 5.41 Å². The Bertz CT molecular complexity index is 329. The van der Waals surface area contributed by atoms with Crippen LogP contribution in [-0.2, 0) is 0 Å². The molecular weight excluding hydrogens is 196 g/mol. The van der Waals surface area contributed by atoms with Gasteiger partial charge >= 0.3 is 0 Å². The Hall–Kier alpha value is -0.820. The normalized spacial score (nSPS) is 29.8. The number of allylic oxidation sites excluding steroid dienone is 4. The number of hydrogen-bond donors (Lipinski definition) is 1. The molecule has 0 aromatic heterocycles. The molecular formula is C15H24O. The van der Waals surface area contributed by atoms with Crippen molar-refractivity contribution in [3.05, 3.63) is 36.0 Å². The van der Waals surface area contributed by atoms with Crippen LogP contribution in [0, 0.1) is 5.41 Å². The molecule has 1 aliphatic carbocycles. The minimum Gasteiger partial charge on any atom is -0.389 e. The summed E-state index contributed by atoms with van der Waals surface area (Å²) in [7, 11) is 0. The average Bonchev–Trinajstić information content (AvgIpc) is 2.20. The molecule has 1 aliphatic rings. The van der Waals surface area contributed by atoms with E-state index in [1.165, 1.54) is 11.1 Å². The fraction of sp³-hybridized carbons (Fsp3) is 0.600. The second kappa shape index (κ2) is 4.58. The molecule has 0 saturated heterocycles. The molecule has 0 aromatic rings. The first-order valence-electron chi connectivity index (χ1n) is 6.02. The highest BCUT2D eigenvalue weighted by molar-refractivity contribution is 5.26. The Morgan fingerprint density at radius 2 is 2.12 bits per heavy atom. The molecule has 16 heavy (non-hydrogen) atoms. The Labute approximate surface area is 99.6 Å². The van der Waals surface area contributed by atoms with E-state index in [-0.39, 0.29) is 5.41 Å². The molecule has 1 rings (SSSR count). The lowest BCUT2D eigenvalue weighted by Gasteiger charge is -2.45. The van der Waals surface area contributed by atoms with Crippen molar-refractivity contribution < 1.29 is 5.11 Å². The fourth-order valence-corrected chi connectivity index (χ4v) is 2.13. The number of hydrogen-bond acceptors (Lipinski definition) is 1. The largest absolute Gasteiger partial charge is 0.389 e. The SMILES string of the molecule is C=CC(C)=CCC1=CCCC(C)(O)C1(C)C. The third-order valence-electron chi connectivity index (χ3n) is 4.14. The zero-order valence-corrected chi connectivity index (χ0v) is 11.0. The predicted octanol–water partition coefficient (Wildman–Crippen LogP) is 4.01. The highest BCUT2D eigenvalue weighted by atomic mass is 16.3. The lowest BCUT2D eigenvalue weighted by Crippen LogP contribution is -2.45. The summed E-state index contributed by atoms with van der Waals surface area (Å²) in [5.74, 6) is 0. The van der Waals surface area contributed by atoms with E-state index in [9.17, 15) is 5.11 Å². The van der Waals surface area contributed by atoms with Crippen molar-refractivity contribution in [3.8, 4) is 0 Å². The van der Waals surface area contributed by atoms with E-state index in [1.54, 1.807) is 0 Å². The van der Waals surface area contributed by atoms with E-state index < -0.39 is 5.60 Å². The first-order valence-corrected chi connectivity index (χ1v) is 6.02. The summed E-state index contributed by atoms with van der Waals surface area (Å²) in [6.45, 7) is 12.0. The minimum atomic E-state index is -0.590. The van der Waals surface area contributed by atoms with Crippen LogP contribution in [-0.4, -0.2) is 10.7 Å². The van der Waals surface area contributed by atoms with E-state index in [0.717, 1.165) is 19.3 Å². The molecule has 0 amide bonds. The van der Waals surface area contributed by atoms with Crippen LogP contribution in [0.1, 0.15) is 47.0 Å². The van der Waals surface area contributed by atoms with Crippen molar-refractivity contribution in [2.24, 2.45) is 5.41 Å². The Morgan fingerprint density at radius 1 is 1.50 bits per heavy atom.